The predicted octanol–water partition coefficient (Wildman–Crippen LogP) is 1.81. The first-order valence-electron chi connectivity index (χ1n) is 2.76. The van der Waals surface area contributed by atoms with E-state index in [1.54, 1.807) is 6.20 Å². The van der Waals surface area contributed by atoms with Crippen LogP contribution in [0, 0.1) is 13.5 Å². The molecule has 0 fully saturated rings. The SMILES string of the molecule is [CH3-].[W+2].[c-]1cnc2[nH]ccc2c1. The van der Waals surface area contributed by atoms with Crippen molar-refractivity contribution in [2.75, 3.05) is 0 Å². The van der Waals surface area contributed by atoms with Crippen LogP contribution in [0.15, 0.2) is 24.5 Å². The Labute approximate surface area is 80.3 Å². The molecule has 0 saturated carbocycles. The van der Waals surface area contributed by atoms with Crippen LogP contribution >= 0.6 is 0 Å². The van der Waals surface area contributed by atoms with Gasteiger partial charge in [0.1, 0.15) is 0 Å². The number of rotatable bonds is 0. The van der Waals surface area contributed by atoms with Crippen LogP contribution in [0.2, 0.25) is 0 Å². The molecule has 0 aliphatic rings. The monoisotopic (exact) mass is 316 g/mol. The molecular formula is C8H8N2W. The van der Waals surface area contributed by atoms with Gasteiger partial charge >= 0.3 is 21.1 Å². The summed E-state index contributed by atoms with van der Waals surface area (Å²) in [5.74, 6) is 0. The van der Waals surface area contributed by atoms with Crippen LogP contribution in [0.25, 0.3) is 11.0 Å². The Morgan fingerprint density at radius 1 is 1.45 bits per heavy atom. The number of aromatic nitrogens is 2. The maximum Gasteiger partial charge on any atom is 2.00 e. The maximum atomic E-state index is 4.03. The average molecular weight is 316 g/mol. The Morgan fingerprint density at radius 3 is 3.00 bits per heavy atom. The second-order valence-corrected chi connectivity index (χ2v) is 1.85. The molecular weight excluding hydrogens is 308 g/mol. The van der Waals surface area contributed by atoms with Crippen molar-refractivity contribution in [3.8, 4) is 0 Å². The molecule has 11 heavy (non-hydrogen) atoms. The Bertz CT molecular complexity index is 286. The molecule has 0 radical (unpaired) electrons. The average Bonchev–Trinajstić information content (AvgIpc) is 2.33. The summed E-state index contributed by atoms with van der Waals surface area (Å²) in [6, 6.07) is 6.76. The van der Waals surface area contributed by atoms with Crippen LogP contribution in [0.4, 0.5) is 0 Å². The van der Waals surface area contributed by atoms with Gasteiger partial charge < -0.3 is 12.4 Å². The fraction of sp³-hybridized carbons (Fsp3) is 0. The quantitative estimate of drug-likeness (QED) is 0.738. The minimum absolute atomic E-state index is 0. The topological polar surface area (TPSA) is 28.7 Å². The second-order valence-electron chi connectivity index (χ2n) is 1.85. The van der Waals surface area contributed by atoms with Crippen molar-refractivity contribution in [2.24, 2.45) is 0 Å². The molecule has 0 aliphatic carbocycles. The molecule has 0 amide bonds. The van der Waals surface area contributed by atoms with Crippen LogP contribution in [0.1, 0.15) is 0 Å². The van der Waals surface area contributed by atoms with Crippen molar-refractivity contribution in [2.45, 2.75) is 0 Å². The smallest absolute Gasteiger partial charge is 0.363 e. The van der Waals surface area contributed by atoms with Gasteiger partial charge in [-0.2, -0.15) is 0 Å². The number of aromatic amines is 1. The Morgan fingerprint density at radius 2 is 2.27 bits per heavy atom. The number of fused-ring (bicyclic) bond motifs is 1. The molecule has 0 spiro atoms. The third-order valence-electron chi connectivity index (χ3n) is 1.26. The summed E-state index contributed by atoms with van der Waals surface area (Å²) >= 11 is 0. The fourth-order valence-electron chi connectivity index (χ4n) is 0.830. The van der Waals surface area contributed by atoms with Crippen LogP contribution < -0.4 is 0 Å². The molecule has 1 N–H and O–H groups in total. The molecule has 0 unspecified atom stereocenters. The summed E-state index contributed by atoms with van der Waals surface area (Å²) in [4.78, 5) is 7.02. The molecule has 2 heterocycles. The summed E-state index contributed by atoms with van der Waals surface area (Å²) < 4.78 is 0. The molecule has 0 saturated heterocycles. The normalized spacial score (nSPS) is 8.36. The summed E-state index contributed by atoms with van der Waals surface area (Å²) in [6.45, 7) is 0. The second kappa shape index (κ2) is 4.30. The first-order chi connectivity index (χ1) is 4.47. The van der Waals surface area contributed by atoms with Gasteiger partial charge in [-0.15, -0.1) is 11.5 Å². The van der Waals surface area contributed by atoms with Gasteiger partial charge in [0.25, 0.3) is 0 Å². The van der Waals surface area contributed by atoms with Crippen LogP contribution in [0.5, 0.6) is 0 Å². The molecule has 3 heteroatoms. The van der Waals surface area contributed by atoms with Crippen molar-refractivity contribution in [1.29, 1.82) is 0 Å². The van der Waals surface area contributed by atoms with Crippen LogP contribution in [-0.2, 0) is 21.1 Å². The van der Waals surface area contributed by atoms with E-state index in [9.17, 15) is 0 Å². The molecule has 2 rings (SSSR count). The largest absolute Gasteiger partial charge is 2.00 e. The van der Waals surface area contributed by atoms with E-state index in [4.69, 9.17) is 0 Å². The molecule has 2 nitrogen and oxygen atoms in total. The van der Waals surface area contributed by atoms with E-state index < -0.39 is 0 Å². The van der Waals surface area contributed by atoms with Crippen molar-refractivity contribution < 1.29 is 21.1 Å². The van der Waals surface area contributed by atoms with Gasteiger partial charge in [0.2, 0.25) is 0 Å². The fourth-order valence-corrected chi connectivity index (χ4v) is 0.830. The number of nitrogens with zero attached hydrogens (tertiary/aromatic N) is 1. The van der Waals surface area contributed by atoms with Gasteiger partial charge in [-0.3, -0.25) is 4.98 Å². The maximum absolute atomic E-state index is 4.03. The number of hydrogen-bond donors (Lipinski definition) is 1. The molecule has 2 aromatic heterocycles. The van der Waals surface area contributed by atoms with Crippen molar-refractivity contribution >= 4 is 11.0 Å². The summed E-state index contributed by atoms with van der Waals surface area (Å²) in [5, 5.41) is 1.11. The van der Waals surface area contributed by atoms with Crippen LogP contribution in [0.3, 0.4) is 0 Å². The zero-order valence-electron chi connectivity index (χ0n) is 6.16. The summed E-state index contributed by atoms with van der Waals surface area (Å²) in [6.07, 6.45) is 3.52. The van der Waals surface area contributed by atoms with Gasteiger partial charge in [-0.1, -0.05) is 6.20 Å². The standard InChI is InChI=1S/C7H5N2.CH3.W/c1-2-6-3-5-9-7(6)8-4-1;;/h2-5H,(H,8,9);1H3;/q2*-1;+2. The third-order valence-corrected chi connectivity index (χ3v) is 1.26. The summed E-state index contributed by atoms with van der Waals surface area (Å²) in [7, 11) is 0. The van der Waals surface area contributed by atoms with E-state index in [2.05, 4.69) is 16.0 Å². The predicted molar refractivity (Wildman–Crippen MR) is 41.3 cm³/mol. The minimum atomic E-state index is 0. The van der Waals surface area contributed by atoms with Gasteiger partial charge in [-0.25, -0.2) is 12.1 Å². The minimum Gasteiger partial charge on any atom is -0.363 e. The molecule has 0 atom stereocenters. The van der Waals surface area contributed by atoms with Crippen molar-refractivity contribution in [3.05, 3.63) is 38.0 Å². The molecule has 0 aromatic carbocycles. The Hall–Kier alpha value is -0.622. The zero-order chi connectivity index (χ0) is 6.10. The van der Waals surface area contributed by atoms with Gasteiger partial charge in [0, 0.05) is 0 Å². The van der Waals surface area contributed by atoms with E-state index in [0.29, 0.717) is 0 Å². The first kappa shape index (κ1) is 10.4. The molecule has 0 aliphatic heterocycles. The van der Waals surface area contributed by atoms with E-state index in [0.717, 1.165) is 11.0 Å². The van der Waals surface area contributed by atoms with Crippen molar-refractivity contribution in [3.63, 3.8) is 0 Å². The Balaban J connectivity index is 0.000000500. The van der Waals surface area contributed by atoms with E-state index >= 15 is 0 Å². The van der Waals surface area contributed by atoms with Crippen LogP contribution in [-0.4, -0.2) is 9.97 Å². The number of pyridine rings is 1. The molecule has 56 valence electrons. The first-order valence-corrected chi connectivity index (χ1v) is 2.76. The number of hydrogen-bond acceptors (Lipinski definition) is 1. The Kier molecular flexibility index (Phi) is 4.05. The molecule has 0 bridgehead atoms. The number of nitrogens with one attached hydrogen (secondary N) is 1. The third kappa shape index (κ3) is 1.90. The van der Waals surface area contributed by atoms with E-state index in [1.165, 1.54) is 0 Å². The van der Waals surface area contributed by atoms with E-state index in [-0.39, 0.29) is 28.5 Å². The van der Waals surface area contributed by atoms with E-state index in [1.807, 2.05) is 18.3 Å². The van der Waals surface area contributed by atoms with Crippen molar-refractivity contribution in [1.82, 2.24) is 9.97 Å². The van der Waals surface area contributed by atoms with Gasteiger partial charge in [0.05, 0.1) is 5.65 Å². The zero-order valence-corrected chi connectivity index (χ0v) is 9.10. The van der Waals surface area contributed by atoms with Gasteiger partial charge in [0.15, 0.2) is 0 Å². The summed E-state index contributed by atoms with van der Waals surface area (Å²) in [5.41, 5.74) is 0.925. The number of H-pyrrole nitrogens is 1. The molecule has 2 aromatic rings. The van der Waals surface area contributed by atoms with Gasteiger partial charge in [-0.05, 0) is 6.20 Å².